The molecular formula is C16H19NO. The van der Waals surface area contributed by atoms with Gasteiger partial charge < -0.3 is 10.0 Å². The monoisotopic (exact) mass is 241 g/mol. The Morgan fingerprint density at radius 3 is 2.56 bits per heavy atom. The van der Waals surface area contributed by atoms with Crippen molar-refractivity contribution in [2.75, 3.05) is 7.05 Å². The number of phenolic OH excluding ortho intramolecular Hbond substituents is 1. The van der Waals surface area contributed by atoms with E-state index in [0.717, 1.165) is 22.4 Å². The molecule has 0 bridgehead atoms. The number of aromatic hydroxyl groups is 1. The third-order valence-corrected chi connectivity index (χ3v) is 3.24. The molecular weight excluding hydrogens is 222 g/mol. The van der Waals surface area contributed by atoms with Crippen molar-refractivity contribution in [3.63, 3.8) is 0 Å². The fourth-order valence-corrected chi connectivity index (χ4v) is 2.01. The topological polar surface area (TPSA) is 23.5 Å². The third-order valence-electron chi connectivity index (χ3n) is 3.24. The molecule has 0 spiro atoms. The summed E-state index contributed by atoms with van der Waals surface area (Å²) < 4.78 is 0. The van der Waals surface area contributed by atoms with E-state index in [4.69, 9.17) is 0 Å². The first-order valence-electron chi connectivity index (χ1n) is 6.14. The molecule has 1 aromatic rings. The second-order valence-corrected chi connectivity index (χ2v) is 4.95. The van der Waals surface area contributed by atoms with Gasteiger partial charge in [-0.3, -0.25) is 0 Å². The van der Waals surface area contributed by atoms with Crippen molar-refractivity contribution >= 4 is 5.57 Å². The van der Waals surface area contributed by atoms with Gasteiger partial charge in [0, 0.05) is 18.9 Å². The highest BCUT2D eigenvalue weighted by Gasteiger charge is 2.10. The predicted molar refractivity (Wildman–Crippen MR) is 76.2 cm³/mol. The molecule has 0 radical (unpaired) electrons. The van der Waals surface area contributed by atoms with E-state index in [1.807, 2.05) is 48.5 Å². The van der Waals surface area contributed by atoms with E-state index >= 15 is 0 Å². The van der Waals surface area contributed by atoms with Crippen LogP contribution in [0.1, 0.15) is 30.9 Å². The maximum atomic E-state index is 10.0. The van der Waals surface area contributed by atoms with Gasteiger partial charge in [0.25, 0.3) is 0 Å². The number of hydrogen-bond donors (Lipinski definition) is 1. The van der Waals surface area contributed by atoms with Crippen LogP contribution in [0.4, 0.5) is 0 Å². The number of allylic oxidation sites excluding steroid dienone is 3. The molecule has 1 aromatic carbocycles. The Balaban J connectivity index is 2.36. The van der Waals surface area contributed by atoms with Crippen LogP contribution in [0.2, 0.25) is 0 Å². The van der Waals surface area contributed by atoms with Gasteiger partial charge in [0.05, 0.1) is 0 Å². The normalized spacial score (nSPS) is 15.2. The zero-order valence-electron chi connectivity index (χ0n) is 11.1. The van der Waals surface area contributed by atoms with E-state index in [1.54, 1.807) is 0 Å². The molecule has 2 nitrogen and oxygen atoms in total. The molecule has 2 rings (SSSR count). The molecule has 0 amide bonds. The van der Waals surface area contributed by atoms with Crippen LogP contribution in [-0.4, -0.2) is 17.1 Å². The first kappa shape index (κ1) is 12.5. The first-order chi connectivity index (χ1) is 8.49. The maximum absolute atomic E-state index is 10.0. The van der Waals surface area contributed by atoms with Gasteiger partial charge >= 0.3 is 0 Å². The molecule has 1 aliphatic heterocycles. The molecule has 1 N–H and O–H groups in total. The van der Waals surface area contributed by atoms with Crippen LogP contribution in [0.25, 0.3) is 5.57 Å². The van der Waals surface area contributed by atoms with Gasteiger partial charge in [0.2, 0.25) is 0 Å². The number of likely N-dealkylation sites (N-methyl/N-ethyl adjacent to an activating group) is 1. The minimum Gasteiger partial charge on any atom is -0.508 e. The number of phenols is 1. The van der Waals surface area contributed by atoms with Crippen molar-refractivity contribution in [1.29, 1.82) is 0 Å². The van der Waals surface area contributed by atoms with E-state index in [9.17, 15) is 5.11 Å². The standard InChI is InChI=1S/C16H19NO/c1-11(2)15-6-5-13(10-16(15)18)14-7-8-17(4)12(3)9-14/h5-11,18H,3H2,1-2,4H3. The van der Waals surface area contributed by atoms with E-state index < -0.39 is 0 Å². The zero-order chi connectivity index (χ0) is 13.3. The average molecular weight is 241 g/mol. The molecule has 0 saturated heterocycles. The first-order valence-corrected chi connectivity index (χ1v) is 6.14. The van der Waals surface area contributed by atoms with Gasteiger partial charge in [-0.15, -0.1) is 0 Å². The summed E-state index contributed by atoms with van der Waals surface area (Å²) >= 11 is 0. The number of rotatable bonds is 2. The largest absolute Gasteiger partial charge is 0.508 e. The quantitative estimate of drug-likeness (QED) is 0.849. The number of benzene rings is 1. The van der Waals surface area contributed by atoms with Crippen LogP contribution in [0, 0.1) is 0 Å². The summed E-state index contributed by atoms with van der Waals surface area (Å²) in [4.78, 5) is 1.96. The van der Waals surface area contributed by atoms with Crippen LogP contribution in [0.3, 0.4) is 0 Å². The zero-order valence-corrected chi connectivity index (χ0v) is 11.1. The Kier molecular flexibility index (Phi) is 3.28. The van der Waals surface area contributed by atoms with Gasteiger partial charge in [0.1, 0.15) is 5.75 Å². The Bertz CT molecular complexity index is 538. The molecule has 0 unspecified atom stereocenters. The van der Waals surface area contributed by atoms with Crippen molar-refractivity contribution in [3.8, 4) is 5.75 Å². The summed E-state index contributed by atoms with van der Waals surface area (Å²) in [5, 5.41) is 10.0. The lowest BCUT2D eigenvalue weighted by Gasteiger charge is -2.20. The Morgan fingerprint density at radius 2 is 2.00 bits per heavy atom. The van der Waals surface area contributed by atoms with Crippen LogP contribution in [-0.2, 0) is 0 Å². The molecule has 18 heavy (non-hydrogen) atoms. The van der Waals surface area contributed by atoms with E-state index in [0.29, 0.717) is 11.7 Å². The Hall–Kier alpha value is -1.96. The van der Waals surface area contributed by atoms with E-state index in [-0.39, 0.29) is 0 Å². The summed E-state index contributed by atoms with van der Waals surface area (Å²) in [6.45, 7) is 8.12. The molecule has 0 atom stereocenters. The highest BCUT2D eigenvalue weighted by atomic mass is 16.3. The van der Waals surface area contributed by atoms with Crippen LogP contribution < -0.4 is 0 Å². The molecule has 1 aliphatic rings. The minimum absolute atomic E-state index is 0.330. The Morgan fingerprint density at radius 1 is 1.28 bits per heavy atom. The predicted octanol–water partition coefficient (Wildman–Crippen LogP) is 3.87. The van der Waals surface area contributed by atoms with Crippen molar-refractivity contribution in [2.24, 2.45) is 0 Å². The van der Waals surface area contributed by atoms with Gasteiger partial charge in [-0.2, -0.15) is 0 Å². The lowest BCUT2D eigenvalue weighted by molar-refractivity contribution is 0.464. The second kappa shape index (κ2) is 4.73. The molecule has 0 fully saturated rings. The molecule has 0 aromatic heterocycles. The van der Waals surface area contributed by atoms with E-state index in [1.165, 1.54) is 0 Å². The Labute approximate surface area is 109 Å². The fourth-order valence-electron chi connectivity index (χ4n) is 2.01. The summed E-state index contributed by atoms with van der Waals surface area (Å²) in [6, 6.07) is 5.86. The second-order valence-electron chi connectivity index (χ2n) is 4.95. The molecule has 94 valence electrons. The fraction of sp³-hybridized carbons (Fsp3) is 0.250. The molecule has 0 aliphatic carbocycles. The third kappa shape index (κ3) is 2.33. The van der Waals surface area contributed by atoms with Crippen molar-refractivity contribution < 1.29 is 5.11 Å². The van der Waals surface area contributed by atoms with Crippen molar-refractivity contribution in [1.82, 2.24) is 4.90 Å². The average Bonchev–Trinajstić information content (AvgIpc) is 2.32. The SMILES string of the molecule is C=C1C=C(c2ccc(C(C)C)c(O)c2)C=CN1C. The summed E-state index contributed by atoms with van der Waals surface area (Å²) in [5.74, 6) is 0.692. The van der Waals surface area contributed by atoms with Gasteiger partial charge in [-0.1, -0.05) is 32.6 Å². The van der Waals surface area contributed by atoms with Crippen LogP contribution in [0.15, 0.2) is 48.8 Å². The highest BCUT2D eigenvalue weighted by Crippen LogP contribution is 2.30. The number of hydrogen-bond acceptors (Lipinski definition) is 2. The summed E-state index contributed by atoms with van der Waals surface area (Å²) in [7, 11) is 1.96. The summed E-state index contributed by atoms with van der Waals surface area (Å²) in [6.07, 6.45) is 6.02. The van der Waals surface area contributed by atoms with Crippen molar-refractivity contribution in [2.45, 2.75) is 19.8 Å². The molecule has 0 saturated carbocycles. The highest BCUT2D eigenvalue weighted by molar-refractivity contribution is 5.78. The van der Waals surface area contributed by atoms with Crippen LogP contribution in [0.5, 0.6) is 5.75 Å². The lowest BCUT2D eigenvalue weighted by atomic mass is 9.96. The lowest BCUT2D eigenvalue weighted by Crippen LogP contribution is -2.10. The van der Waals surface area contributed by atoms with E-state index in [2.05, 4.69) is 20.4 Å². The maximum Gasteiger partial charge on any atom is 0.119 e. The molecule has 1 heterocycles. The van der Waals surface area contributed by atoms with Gasteiger partial charge in [-0.25, -0.2) is 0 Å². The van der Waals surface area contributed by atoms with Crippen LogP contribution >= 0.6 is 0 Å². The molecule has 2 heteroatoms. The van der Waals surface area contributed by atoms with Crippen molar-refractivity contribution in [3.05, 3.63) is 60.0 Å². The van der Waals surface area contributed by atoms with Gasteiger partial charge in [-0.05, 0) is 40.8 Å². The smallest absolute Gasteiger partial charge is 0.119 e. The van der Waals surface area contributed by atoms with Gasteiger partial charge in [0.15, 0.2) is 0 Å². The minimum atomic E-state index is 0.330. The number of nitrogens with zero attached hydrogens (tertiary/aromatic N) is 1. The summed E-state index contributed by atoms with van der Waals surface area (Å²) in [5.41, 5.74) is 4.01.